The van der Waals surface area contributed by atoms with Crippen LogP contribution >= 0.6 is 11.3 Å². The van der Waals surface area contributed by atoms with Gasteiger partial charge in [0, 0.05) is 30.1 Å². The molecule has 0 spiro atoms. The van der Waals surface area contributed by atoms with Crippen molar-refractivity contribution in [1.82, 2.24) is 16.0 Å². The Kier molecular flexibility index (Phi) is 7.13. The van der Waals surface area contributed by atoms with Crippen LogP contribution in [0.25, 0.3) is 0 Å². The van der Waals surface area contributed by atoms with Crippen molar-refractivity contribution in [3.05, 3.63) is 58.3 Å². The minimum absolute atomic E-state index is 0.0621. The SMILES string of the molecule is CCNC(=NCc1cccs1)NCCNC(=O)c1ccccc1. The minimum Gasteiger partial charge on any atom is -0.357 e. The fourth-order valence-electron chi connectivity index (χ4n) is 1.95. The van der Waals surface area contributed by atoms with Crippen molar-refractivity contribution in [3.8, 4) is 0 Å². The van der Waals surface area contributed by atoms with Gasteiger partial charge in [-0.15, -0.1) is 11.3 Å². The van der Waals surface area contributed by atoms with E-state index in [1.54, 1.807) is 23.5 Å². The van der Waals surface area contributed by atoms with Gasteiger partial charge < -0.3 is 16.0 Å². The molecular formula is C17H22N4OS. The average molecular weight is 330 g/mol. The first-order valence-electron chi connectivity index (χ1n) is 7.67. The van der Waals surface area contributed by atoms with Gasteiger partial charge in [-0.1, -0.05) is 24.3 Å². The van der Waals surface area contributed by atoms with Gasteiger partial charge >= 0.3 is 0 Å². The molecule has 0 aliphatic heterocycles. The molecule has 0 saturated heterocycles. The number of nitrogens with zero attached hydrogens (tertiary/aromatic N) is 1. The summed E-state index contributed by atoms with van der Waals surface area (Å²) in [5.41, 5.74) is 0.672. The highest BCUT2D eigenvalue weighted by atomic mass is 32.1. The second-order valence-electron chi connectivity index (χ2n) is 4.82. The summed E-state index contributed by atoms with van der Waals surface area (Å²) in [7, 11) is 0. The van der Waals surface area contributed by atoms with Crippen LogP contribution in [0.15, 0.2) is 52.8 Å². The molecule has 0 atom stereocenters. The molecule has 0 aliphatic rings. The number of carbonyl (C=O) groups is 1. The first-order chi connectivity index (χ1) is 11.3. The van der Waals surface area contributed by atoms with Crippen molar-refractivity contribution >= 4 is 23.2 Å². The van der Waals surface area contributed by atoms with Crippen LogP contribution < -0.4 is 16.0 Å². The molecule has 1 aromatic carbocycles. The number of nitrogens with one attached hydrogen (secondary N) is 3. The highest BCUT2D eigenvalue weighted by Gasteiger charge is 2.03. The molecule has 1 aromatic heterocycles. The quantitative estimate of drug-likeness (QED) is 0.414. The predicted molar refractivity (Wildman–Crippen MR) is 95.9 cm³/mol. The summed E-state index contributed by atoms with van der Waals surface area (Å²) in [5, 5.41) is 11.3. The highest BCUT2D eigenvalue weighted by molar-refractivity contribution is 7.09. The van der Waals surface area contributed by atoms with E-state index in [-0.39, 0.29) is 5.91 Å². The molecule has 6 heteroatoms. The number of thiophene rings is 1. The van der Waals surface area contributed by atoms with E-state index in [4.69, 9.17) is 0 Å². The number of amides is 1. The van der Waals surface area contributed by atoms with Gasteiger partial charge in [0.15, 0.2) is 5.96 Å². The smallest absolute Gasteiger partial charge is 0.251 e. The van der Waals surface area contributed by atoms with Crippen molar-refractivity contribution in [2.75, 3.05) is 19.6 Å². The van der Waals surface area contributed by atoms with Gasteiger partial charge in [-0.05, 0) is 30.5 Å². The standard InChI is InChI=1S/C17H22N4OS/c1-2-18-17(21-13-15-9-6-12-23-15)20-11-10-19-16(22)14-7-4-3-5-8-14/h3-9,12H,2,10-11,13H2,1H3,(H,19,22)(H2,18,20,21). The zero-order valence-corrected chi connectivity index (χ0v) is 14.0. The third kappa shape index (κ3) is 6.12. The fraction of sp³-hybridized carbons (Fsp3) is 0.294. The molecule has 23 heavy (non-hydrogen) atoms. The molecule has 1 heterocycles. The van der Waals surface area contributed by atoms with E-state index >= 15 is 0 Å². The summed E-state index contributed by atoms with van der Waals surface area (Å²) < 4.78 is 0. The maximum atomic E-state index is 11.9. The first kappa shape index (κ1) is 17.0. The number of aliphatic imine (C=N–C) groups is 1. The lowest BCUT2D eigenvalue weighted by atomic mass is 10.2. The number of carbonyl (C=O) groups excluding carboxylic acids is 1. The second kappa shape index (κ2) is 9.63. The third-order valence-corrected chi connectivity index (χ3v) is 3.92. The van der Waals surface area contributed by atoms with E-state index in [0.717, 1.165) is 12.5 Å². The molecule has 2 aromatic rings. The number of guanidine groups is 1. The maximum absolute atomic E-state index is 11.9. The van der Waals surface area contributed by atoms with Crippen LogP contribution in [-0.2, 0) is 6.54 Å². The Morgan fingerprint density at radius 3 is 2.52 bits per heavy atom. The number of benzene rings is 1. The lowest BCUT2D eigenvalue weighted by Gasteiger charge is -2.11. The van der Waals surface area contributed by atoms with Gasteiger partial charge in [0.1, 0.15) is 0 Å². The first-order valence-corrected chi connectivity index (χ1v) is 8.55. The fourth-order valence-corrected chi connectivity index (χ4v) is 2.58. The second-order valence-corrected chi connectivity index (χ2v) is 5.86. The van der Waals surface area contributed by atoms with E-state index < -0.39 is 0 Å². The van der Waals surface area contributed by atoms with Crippen LogP contribution in [-0.4, -0.2) is 31.5 Å². The van der Waals surface area contributed by atoms with Crippen molar-refractivity contribution in [3.63, 3.8) is 0 Å². The molecule has 3 N–H and O–H groups in total. The van der Waals surface area contributed by atoms with Crippen molar-refractivity contribution < 1.29 is 4.79 Å². The molecule has 1 amide bonds. The van der Waals surface area contributed by atoms with Gasteiger partial charge in [0.2, 0.25) is 0 Å². The Morgan fingerprint density at radius 2 is 1.83 bits per heavy atom. The van der Waals surface area contributed by atoms with Crippen LogP contribution in [0, 0.1) is 0 Å². The largest absolute Gasteiger partial charge is 0.357 e. The Morgan fingerprint density at radius 1 is 1.04 bits per heavy atom. The maximum Gasteiger partial charge on any atom is 0.251 e. The molecule has 0 radical (unpaired) electrons. The average Bonchev–Trinajstić information content (AvgIpc) is 3.10. The van der Waals surface area contributed by atoms with Crippen LogP contribution in [0.4, 0.5) is 0 Å². The van der Waals surface area contributed by atoms with E-state index in [2.05, 4.69) is 27.0 Å². The van der Waals surface area contributed by atoms with E-state index in [1.165, 1.54) is 4.88 Å². The Balaban J connectivity index is 1.73. The van der Waals surface area contributed by atoms with Gasteiger partial charge in [-0.3, -0.25) is 4.79 Å². The summed E-state index contributed by atoms with van der Waals surface area (Å²) in [6.07, 6.45) is 0. The topological polar surface area (TPSA) is 65.5 Å². The molecule has 0 aliphatic carbocycles. The number of rotatable bonds is 7. The van der Waals surface area contributed by atoms with Gasteiger partial charge in [-0.25, -0.2) is 4.99 Å². The zero-order valence-electron chi connectivity index (χ0n) is 13.2. The predicted octanol–water partition coefficient (Wildman–Crippen LogP) is 2.23. The summed E-state index contributed by atoms with van der Waals surface area (Å²) in [4.78, 5) is 17.7. The molecule has 0 bridgehead atoms. The monoisotopic (exact) mass is 330 g/mol. The third-order valence-electron chi connectivity index (χ3n) is 3.06. The van der Waals surface area contributed by atoms with Crippen molar-refractivity contribution in [2.24, 2.45) is 4.99 Å². The highest BCUT2D eigenvalue weighted by Crippen LogP contribution is 2.09. The molecule has 0 saturated carbocycles. The number of hydrogen-bond donors (Lipinski definition) is 3. The molecule has 2 rings (SSSR count). The van der Waals surface area contributed by atoms with Crippen molar-refractivity contribution in [1.29, 1.82) is 0 Å². The van der Waals surface area contributed by atoms with Gasteiger partial charge in [0.25, 0.3) is 5.91 Å². The summed E-state index contributed by atoms with van der Waals surface area (Å²) >= 11 is 1.69. The summed E-state index contributed by atoms with van der Waals surface area (Å²) in [6, 6.07) is 13.3. The summed E-state index contributed by atoms with van der Waals surface area (Å²) in [5.74, 6) is 0.697. The molecule has 5 nitrogen and oxygen atoms in total. The lowest BCUT2D eigenvalue weighted by Crippen LogP contribution is -2.41. The molecular weight excluding hydrogens is 308 g/mol. The van der Waals surface area contributed by atoms with Crippen molar-refractivity contribution in [2.45, 2.75) is 13.5 Å². The van der Waals surface area contributed by atoms with Gasteiger partial charge in [0.05, 0.1) is 6.54 Å². The molecule has 0 unspecified atom stereocenters. The Bertz CT molecular complexity index is 611. The van der Waals surface area contributed by atoms with E-state index in [9.17, 15) is 4.79 Å². The molecule has 0 fully saturated rings. The lowest BCUT2D eigenvalue weighted by molar-refractivity contribution is 0.0954. The van der Waals surface area contributed by atoms with E-state index in [0.29, 0.717) is 25.2 Å². The Labute approximate surface area is 140 Å². The normalized spacial score (nSPS) is 11.1. The van der Waals surface area contributed by atoms with E-state index in [1.807, 2.05) is 36.6 Å². The van der Waals surface area contributed by atoms with Crippen LogP contribution in [0.1, 0.15) is 22.2 Å². The zero-order chi connectivity index (χ0) is 16.3. The van der Waals surface area contributed by atoms with Crippen LogP contribution in [0.5, 0.6) is 0 Å². The van der Waals surface area contributed by atoms with Crippen LogP contribution in [0.2, 0.25) is 0 Å². The van der Waals surface area contributed by atoms with Crippen LogP contribution in [0.3, 0.4) is 0 Å². The minimum atomic E-state index is -0.0621. The van der Waals surface area contributed by atoms with Gasteiger partial charge in [-0.2, -0.15) is 0 Å². The molecule has 122 valence electrons. The Hall–Kier alpha value is -2.34. The summed E-state index contributed by atoms with van der Waals surface area (Å²) in [6.45, 7) is 4.64. The number of hydrogen-bond acceptors (Lipinski definition) is 3.